The maximum Gasteiger partial charge on any atom is 0.516 e. The molecule has 0 spiro atoms. The Kier molecular flexibility index (Phi) is 5.60. The third-order valence-electron chi connectivity index (χ3n) is 5.44. The van der Waals surface area contributed by atoms with Gasteiger partial charge in [-0.2, -0.15) is 9.78 Å². The molecule has 2 aromatic rings. The second-order valence-corrected chi connectivity index (χ2v) is 7.96. The molecule has 0 aliphatic carbocycles. The molecule has 7 nitrogen and oxygen atoms in total. The Morgan fingerprint density at radius 2 is 1.62 bits per heavy atom. The molecule has 29 heavy (non-hydrogen) atoms. The van der Waals surface area contributed by atoms with E-state index in [0.717, 1.165) is 0 Å². The second-order valence-electron chi connectivity index (χ2n) is 7.96. The molecule has 0 atom stereocenters. The fourth-order valence-corrected chi connectivity index (χ4v) is 3.04. The summed E-state index contributed by atoms with van der Waals surface area (Å²) in [6.07, 6.45) is 2.08. The van der Waals surface area contributed by atoms with Crippen LogP contribution in [0.4, 0.5) is 0 Å². The number of allylic oxidation sites excluding steroid dienone is 1. The molecule has 1 aliphatic rings. The molecule has 154 valence electrons. The van der Waals surface area contributed by atoms with Crippen molar-refractivity contribution in [1.82, 2.24) is 9.78 Å². The Morgan fingerprint density at radius 3 is 2.10 bits per heavy atom. The number of benzene rings is 1. The molecule has 1 saturated heterocycles. The van der Waals surface area contributed by atoms with Crippen LogP contribution >= 0.6 is 0 Å². The Labute approximate surface area is 171 Å². The maximum atomic E-state index is 13.1. The van der Waals surface area contributed by atoms with E-state index in [4.69, 9.17) is 18.8 Å². The van der Waals surface area contributed by atoms with E-state index in [1.54, 1.807) is 44.6 Å². The van der Waals surface area contributed by atoms with Gasteiger partial charge in [-0.25, -0.2) is 0 Å². The van der Waals surface area contributed by atoms with Gasteiger partial charge in [-0.15, -0.1) is 6.58 Å². The highest BCUT2D eigenvalue weighted by atomic mass is 16.7. The monoisotopic (exact) mass is 398 g/mol. The van der Waals surface area contributed by atoms with Crippen molar-refractivity contribution >= 4 is 12.7 Å². The summed E-state index contributed by atoms with van der Waals surface area (Å²) in [4.78, 5) is 13.1. The Morgan fingerprint density at radius 1 is 1.07 bits per heavy atom. The molecule has 1 aromatic carbocycles. The van der Waals surface area contributed by atoms with Gasteiger partial charge in [0.2, 0.25) is 0 Å². The van der Waals surface area contributed by atoms with Crippen molar-refractivity contribution in [1.29, 1.82) is 0 Å². The lowest BCUT2D eigenvalue weighted by atomic mass is 9.83. The average molecular weight is 398 g/mol. The molecular weight excluding hydrogens is 371 g/mol. The van der Waals surface area contributed by atoms with Crippen LogP contribution in [0.25, 0.3) is 5.69 Å². The first kappa shape index (κ1) is 21.1. The van der Waals surface area contributed by atoms with Gasteiger partial charge in [-0.05, 0) is 40.2 Å². The maximum absolute atomic E-state index is 13.1. The third-order valence-corrected chi connectivity index (χ3v) is 5.44. The standard InChI is InChI=1S/C21H27BN2O5/c1-8-9-14-10-18(22-28-20(2,3)21(4,5)29-22)23-24(19(14)25)15-11-16(26-6)13-17(12-15)27-7/h8,10-13H,1,9H2,2-7H3. The summed E-state index contributed by atoms with van der Waals surface area (Å²) in [5.74, 6) is 1.11. The van der Waals surface area contributed by atoms with E-state index in [1.807, 2.05) is 27.7 Å². The first-order valence-electron chi connectivity index (χ1n) is 9.45. The Hall–Kier alpha value is -2.58. The first-order valence-corrected chi connectivity index (χ1v) is 9.45. The molecule has 1 aromatic heterocycles. The van der Waals surface area contributed by atoms with Gasteiger partial charge < -0.3 is 18.8 Å². The van der Waals surface area contributed by atoms with Gasteiger partial charge in [0.1, 0.15) is 11.5 Å². The predicted octanol–water partition coefficient (Wildman–Crippen LogP) is 2.28. The number of rotatable bonds is 6. The van der Waals surface area contributed by atoms with Crippen LogP contribution < -0.4 is 20.6 Å². The molecule has 1 aliphatic heterocycles. The number of nitrogens with zero attached hydrogens (tertiary/aromatic N) is 2. The van der Waals surface area contributed by atoms with E-state index >= 15 is 0 Å². The number of methoxy groups -OCH3 is 2. The van der Waals surface area contributed by atoms with E-state index in [1.165, 1.54) is 4.68 Å². The van der Waals surface area contributed by atoms with Crippen LogP contribution in [0, 0.1) is 0 Å². The second kappa shape index (κ2) is 7.69. The summed E-state index contributed by atoms with van der Waals surface area (Å²) in [5, 5.41) is 4.56. The SMILES string of the molecule is C=CCc1cc(B2OC(C)(C)C(C)(C)O2)nn(-c2cc(OC)cc(OC)c2)c1=O. The van der Waals surface area contributed by atoms with Crippen LogP contribution in [0.15, 0.2) is 41.7 Å². The van der Waals surface area contributed by atoms with Gasteiger partial charge in [0.15, 0.2) is 0 Å². The van der Waals surface area contributed by atoms with Crippen LogP contribution in [-0.2, 0) is 15.7 Å². The lowest BCUT2D eigenvalue weighted by molar-refractivity contribution is 0.00578. The zero-order valence-electron chi connectivity index (χ0n) is 17.8. The molecule has 8 heteroatoms. The fraction of sp³-hybridized carbons (Fsp3) is 0.429. The molecule has 0 N–H and O–H groups in total. The van der Waals surface area contributed by atoms with Crippen molar-refractivity contribution in [2.45, 2.75) is 45.3 Å². The largest absolute Gasteiger partial charge is 0.516 e. The molecule has 3 rings (SSSR count). The normalized spacial score (nSPS) is 17.2. The van der Waals surface area contributed by atoms with Crippen LogP contribution in [0.3, 0.4) is 0 Å². The molecule has 0 bridgehead atoms. The lowest BCUT2D eigenvalue weighted by Crippen LogP contribution is -2.42. The van der Waals surface area contributed by atoms with Crippen LogP contribution in [0.2, 0.25) is 0 Å². The first-order chi connectivity index (χ1) is 13.6. The molecular formula is C21H27BN2O5. The van der Waals surface area contributed by atoms with Crippen LogP contribution in [0.5, 0.6) is 11.5 Å². The molecule has 0 unspecified atom stereocenters. The quantitative estimate of drug-likeness (QED) is 0.549. The Bertz CT molecular complexity index is 945. The van der Waals surface area contributed by atoms with Crippen molar-refractivity contribution in [3.63, 3.8) is 0 Å². The minimum atomic E-state index is -0.692. The highest BCUT2D eigenvalue weighted by Crippen LogP contribution is 2.36. The highest BCUT2D eigenvalue weighted by Gasteiger charge is 2.52. The zero-order chi connectivity index (χ0) is 21.4. The van der Waals surface area contributed by atoms with Crippen molar-refractivity contribution < 1.29 is 18.8 Å². The number of ether oxygens (including phenoxy) is 2. The molecule has 0 radical (unpaired) electrons. The van der Waals surface area contributed by atoms with Crippen molar-refractivity contribution in [2.75, 3.05) is 14.2 Å². The smallest absolute Gasteiger partial charge is 0.497 e. The third kappa shape index (κ3) is 3.95. The van der Waals surface area contributed by atoms with Gasteiger partial charge in [0.05, 0.1) is 36.7 Å². The van der Waals surface area contributed by atoms with Gasteiger partial charge >= 0.3 is 7.12 Å². The highest BCUT2D eigenvalue weighted by molar-refractivity contribution is 6.61. The lowest BCUT2D eigenvalue weighted by Gasteiger charge is -2.32. The average Bonchev–Trinajstić information content (AvgIpc) is 2.90. The summed E-state index contributed by atoms with van der Waals surface area (Å²) in [5.41, 5.74) is 0.301. The van der Waals surface area contributed by atoms with Crippen LogP contribution in [-0.4, -0.2) is 42.3 Å². The van der Waals surface area contributed by atoms with Crippen molar-refractivity contribution in [2.24, 2.45) is 0 Å². The van der Waals surface area contributed by atoms with Crippen molar-refractivity contribution in [3.05, 3.63) is 52.8 Å². The number of aromatic nitrogens is 2. The van der Waals surface area contributed by atoms with E-state index < -0.39 is 18.3 Å². The van der Waals surface area contributed by atoms with E-state index in [9.17, 15) is 4.79 Å². The van der Waals surface area contributed by atoms with E-state index in [0.29, 0.717) is 34.8 Å². The summed E-state index contributed by atoms with van der Waals surface area (Å²) in [7, 11) is 2.42. The Balaban J connectivity index is 2.16. The van der Waals surface area contributed by atoms with Gasteiger partial charge in [0, 0.05) is 23.8 Å². The van der Waals surface area contributed by atoms with Crippen molar-refractivity contribution in [3.8, 4) is 17.2 Å². The fourth-order valence-electron chi connectivity index (χ4n) is 3.04. The zero-order valence-corrected chi connectivity index (χ0v) is 17.8. The summed E-state index contributed by atoms with van der Waals surface area (Å²) in [6, 6.07) is 6.91. The summed E-state index contributed by atoms with van der Waals surface area (Å²) < 4.78 is 24.2. The molecule has 0 amide bonds. The van der Waals surface area contributed by atoms with Crippen LogP contribution in [0.1, 0.15) is 33.3 Å². The molecule has 0 saturated carbocycles. The number of hydrogen-bond donors (Lipinski definition) is 0. The van der Waals surface area contributed by atoms with Gasteiger partial charge in [-0.3, -0.25) is 4.79 Å². The molecule has 1 fully saturated rings. The summed E-state index contributed by atoms with van der Waals surface area (Å²) in [6.45, 7) is 11.6. The topological polar surface area (TPSA) is 71.8 Å². The minimum Gasteiger partial charge on any atom is -0.497 e. The van der Waals surface area contributed by atoms with Gasteiger partial charge in [0.25, 0.3) is 5.56 Å². The molecule has 2 heterocycles. The van der Waals surface area contributed by atoms with E-state index in [-0.39, 0.29) is 5.56 Å². The van der Waals surface area contributed by atoms with Gasteiger partial charge in [-0.1, -0.05) is 6.08 Å². The van der Waals surface area contributed by atoms with E-state index in [2.05, 4.69) is 11.7 Å². The minimum absolute atomic E-state index is 0.250. The predicted molar refractivity (Wildman–Crippen MR) is 113 cm³/mol. The summed E-state index contributed by atoms with van der Waals surface area (Å²) >= 11 is 0. The number of hydrogen-bond acceptors (Lipinski definition) is 6.